The number of aliphatic carboxylic acids is 1. The van der Waals surface area contributed by atoms with E-state index in [1.54, 1.807) is 0 Å². The summed E-state index contributed by atoms with van der Waals surface area (Å²) in [6, 6.07) is 0. The molecule has 0 radical (unpaired) electrons. The third kappa shape index (κ3) is 8.08. The highest BCUT2D eigenvalue weighted by atomic mass is 32.1. The Morgan fingerprint density at radius 2 is 1.65 bits per heavy atom. The van der Waals surface area contributed by atoms with Crippen molar-refractivity contribution in [1.82, 2.24) is 14.9 Å². The van der Waals surface area contributed by atoms with E-state index in [0.29, 0.717) is 0 Å². The van der Waals surface area contributed by atoms with Gasteiger partial charge in [0.1, 0.15) is 6.54 Å². The predicted octanol–water partition coefficient (Wildman–Crippen LogP) is -3.34. The van der Waals surface area contributed by atoms with Crippen LogP contribution in [0.15, 0.2) is 0 Å². The molecule has 0 saturated heterocycles. The zero-order chi connectivity index (χ0) is 13.4. The van der Waals surface area contributed by atoms with Gasteiger partial charge in [0.15, 0.2) is 0 Å². The van der Waals surface area contributed by atoms with E-state index in [0.717, 1.165) is 4.31 Å². The quantitative estimate of drug-likeness (QED) is 0.432. The van der Waals surface area contributed by atoms with Gasteiger partial charge in [-0.2, -0.15) is 0 Å². The highest BCUT2D eigenvalue weighted by Gasteiger charge is 2.10. The van der Waals surface area contributed by atoms with E-state index in [1.165, 1.54) is 6.92 Å². The number of thiol groups is 1. The van der Waals surface area contributed by atoms with E-state index >= 15 is 0 Å². The van der Waals surface area contributed by atoms with Gasteiger partial charge in [0.25, 0.3) is 0 Å². The lowest BCUT2D eigenvalue weighted by Crippen LogP contribution is -2.44. The summed E-state index contributed by atoms with van der Waals surface area (Å²) < 4.78 is 0.869. The summed E-state index contributed by atoms with van der Waals surface area (Å²) in [6.45, 7) is -0.0778. The van der Waals surface area contributed by atoms with Gasteiger partial charge in [-0.3, -0.25) is 18.7 Å². The molecule has 0 unspecified atom stereocenters. The summed E-state index contributed by atoms with van der Waals surface area (Å²) >= 11 is 3.71. The van der Waals surface area contributed by atoms with Gasteiger partial charge in [0.05, 0.1) is 19.1 Å². The first-order valence-corrected chi connectivity index (χ1v) is 4.93. The molecule has 96 valence electrons. The number of carbonyl (C=O) groups excluding carboxylic acids is 4. The first-order valence-electron chi connectivity index (χ1n) is 4.53. The van der Waals surface area contributed by atoms with Crippen molar-refractivity contribution in [2.75, 3.05) is 19.6 Å². The molecule has 0 atom stereocenters. The minimum absolute atomic E-state index is 0.299. The van der Waals surface area contributed by atoms with Crippen molar-refractivity contribution in [3.8, 4) is 0 Å². The van der Waals surface area contributed by atoms with Crippen LogP contribution in [0.3, 0.4) is 0 Å². The Morgan fingerprint density at radius 3 is 2.12 bits per heavy atom. The maximum absolute atomic E-state index is 11.1. The van der Waals surface area contributed by atoms with E-state index in [1.807, 2.05) is 5.32 Å². The largest absolute Gasteiger partial charge is 0.548 e. The van der Waals surface area contributed by atoms with E-state index in [4.69, 9.17) is 0 Å². The number of carboxylic acids is 1. The molecule has 8 nitrogen and oxygen atoms in total. The molecule has 0 bridgehead atoms. The fraction of sp³-hybridized carbons (Fsp3) is 0.500. The average molecular weight is 262 g/mol. The third-order valence-corrected chi connectivity index (χ3v) is 1.96. The molecular weight excluding hydrogens is 250 g/mol. The number of rotatable bonds is 6. The smallest absolute Gasteiger partial charge is 0.241 e. The van der Waals surface area contributed by atoms with Crippen LogP contribution in [0, 0.1) is 0 Å². The minimum atomic E-state index is -1.43. The monoisotopic (exact) mass is 262 g/mol. The van der Waals surface area contributed by atoms with E-state index in [2.05, 4.69) is 18.1 Å². The van der Waals surface area contributed by atoms with E-state index in [9.17, 15) is 24.3 Å². The summed E-state index contributed by atoms with van der Waals surface area (Å²) in [6.07, 6.45) is 0. The van der Waals surface area contributed by atoms with Crippen molar-refractivity contribution in [1.29, 1.82) is 0 Å². The van der Waals surface area contributed by atoms with Gasteiger partial charge in [0.2, 0.25) is 17.7 Å². The molecule has 2 N–H and O–H groups in total. The Balaban J connectivity index is 3.80. The summed E-state index contributed by atoms with van der Waals surface area (Å²) in [5, 5.41) is 14.2. The normalized spacial score (nSPS) is 9.29. The Morgan fingerprint density at radius 1 is 1.12 bits per heavy atom. The Bertz CT molecular complexity index is 333. The Hall–Kier alpha value is -1.77. The van der Waals surface area contributed by atoms with Gasteiger partial charge in [-0.05, 0) is 0 Å². The van der Waals surface area contributed by atoms with Crippen molar-refractivity contribution >= 4 is 36.5 Å². The van der Waals surface area contributed by atoms with Gasteiger partial charge in [-0.1, -0.05) is 12.8 Å². The highest BCUT2D eigenvalue weighted by molar-refractivity contribution is 7.78. The first kappa shape index (κ1) is 15.2. The molecule has 0 saturated carbocycles. The molecule has 17 heavy (non-hydrogen) atoms. The summed E-state index contributed by atoms with van der Waals surface area (Å²) in [4.78, 5) is 42.8. The van der Waals surface area contributed by atoms with Gasteiger partial charge < -0.3 is 20.5 Å². The molecule has 0 rings (SSSR count). The maximum atomic E-state index is 11.1. The lowest BCUT2D eigenvalue weighted by atomic mass is 10.5. The van der Waals surface area contributed by atoms with Crippen LogP contribution in [0.1, 0.15) is 6.92 Å². The first-order chi connectivity index (χ1) is 7.82. The van der Waals surface area contributed by atoms with Gasteiger partial charge in [0, 0.05) is 6.92 Å². The molecule has 0 aliphatic rings. The molecule has 0 aromatic heterocycles. The number of amides is 3. The lowest BCUT2D eigenvalue weighted by Gasteiger charge is -2.12. The SMILES string of the molecule is CC(=O)N(S)CC(=O)NCC(=O)NCC(=O)[O-]. The van der Waals surface area contributed by atoms with Crippen LogP contribution in [0.4, 0.5) is 0 Å². The fourth-order valence-electron chi connectivity index (χ4n) is 0.715. The molecule has 9 heteroatoms. The Kier molecular flexibility index (Phi) is 6.71. The van der Waals surface area contributed by atoms with Gasteiger partial charge in [-0.15, -0.1) is 0 Å². The second-order valence-electron chi connectivity index (χ2n) is 3.00. The molecule has 0 spiro atoms. The van der Waals surface area contributed by atoms with Crippen molar-refractivity contribution in [3.05, 3.63) is 0 Å². The second kappa shape index (κ2) is 7.49. The third-order valence-electron chi connectivity index (χ3n) is 1.53. The van der Waals surface area contributed by atoms with Crippen LogP contribution < -0.4 is 15.7 Å². The summed E-state index contributed by atoms with van der Waals surface area (Å²) in [5.41, 5.74) is 0. The number of carbonyl (C=O) groups is 4. The van der Waals surface area contributed by atoms with Crippen molar-refractivity contribution in [2.45, 2.75) is 6.92 Å². The van der Waals surface area contributed by atoms with Gasteiger partial charge in [-0.25, -0.2) is 0 Å². The van der Waals surface area contributed by atoms with Crippen LogP contribution in [-0.2, 0) is 19.2 Å². The van der Waals surface area contributed by atoms with E-state index in [-0.39, 0.29) is 13.1 Å². The topological polar surface area (TPSA) is 119 Å². The molecular formula is C8H12N3O5S-. The second-order valence-corrected chi connectivity index (χ2v) is 3.48. The number of hydrogen-bond donors (Lipinski definition) is 3. The average Bonchev–Trinajstić information content (AvgIpc) is 2.23. The molecule has 0 aromatic carbocycles. The molecule has 0 heterocycles. The van der Waals surface area contributed by atoms with Crippen molar-refractivity contribution in [2.24, 2.45) is 0 Å². The van der Waals surface area contributed by atoms with Crippen LogP contribution in [0.2, 0.25) is 0 Å². The Labute approximate surface area is 103 Å². The number of nitrogens with one attached hydrogen (secondary N) is 2. The number of hydrogen-bond acceptors (Lipinski definition) is 6. The standard InChI is InChI=1S/C8H13N3O5S/c1-5(12)11(17)4-7(14)9-2-6(13)10-3-8(15)16/h17H,2-4H2,1H3,(H,9,14)(H,10,13)(H,15,16)/p-1. The zero-order valence-corrected chi connectivity index (χ0v) is 9.95. The number of carboxylic acid groups (broad SMARTS) is 1. The number of nitrogens with zero attached hydrogens (tertiary/aromatic N) is 1. The maximum Gasteiger partial charge on any atom is 0.241 e. The zero-order valence-electron chi connectivity index (χ0n) is 9.06. The van der Waals surface area contributed by atoms with Crippen LogP contribution in [0.5, 0.6) is 0 Å². The predicted molar refractivity (Wildman–Crippen MR) is 57.4 cm³/mol. The summed E-state index contributed by atoms with van der Waals surface area (Å²) in [7, 11) is 0. The van der Waals surface area contributed by atoms with Gasteiger partial charge >= 0.3 is 0 Å². The van der Waals surface area contributed by atoms with Crippen LogP contribution in [-0.4, -0.2) is 47.6 Å². The highest BCUT2D eigenvalue weighted by Crippen LogP contribution is 1.91. The summed E-state index contributed by atoms with van der Waals surface area (Å²) in [5.74, 6) is -3.09. The van der Waals surface area contributed by atoms with Crippen molar-refractivity contribution < 1.29 is 24.3 Å². The van der Waals surface area contributed by atoms with Crippen LogP contribution >= 0.6 is 12.8 Å². The molecule has 0 aliphatic carbocycles. The molecule has 3 amide bonds. The van der Waals surface area contributed by atoms with E-state index < -0.39 is 30.2 Å². The molecule has 0 aromatic rings. The molecule has 0 aliphatic heterocycles. The fourth-order valence-corrected chi connectivity index (χ4v) is 0.844. The lowest BCUT2D eigenvalue weighted by molar-refractivity contribution is -0.304. The van der Waals surface area contributed by atoms with Crippen LogP contribution in [0.25, 0.3) is 0 Å². The minimum Gasteiger partial charge on any atom is -0.548 e. The van der Waals surface area contributed by atoms with Crippen molar-refractivity contribution in [3.63, 3.8) is 0 Å². The molecule has 0 fully saturated rings.